The molecule has 0 aromatic carbocycles. The molecule has 0 amide bonds. The van der Waals surface area contributed by atoms with E-state index in [-0.39, 0.29) is 0 Å². The molecule has 0 aromatic heterocycles. The lowest BCUT2D eigenvalue weighted by Gasteiger charge is -2.16. The highest BCUT2D eigenvalue weighted by molar-refractivity contribution is 5.93. The Labute approximate surface area is 72.8 Å². The molecule has 0 saturated heterocycles. The average Bonchev–Trinajstić information content (AvgIpc) is 2.09. The number of nitrogens with zero attached hydrogens (tertiary/aromatic N) is 3. The third kappa shape index (κ3) is 2.34. The highest BCUT2D eigenvalue weighted by Gasteiger charge is 1.98. The molecule has 0 N–H and O–H groups in total. The number of allylic oxidation sites excluding steroid dienone is 2. The third-order valence-corrected chi connectivity index (χ3v) is 1.59. The minimum absolute atomic E-state index is 0.676. The second-order valence-corrected chi connectivity index (χ2v) is 2.70. The molecular formula is C9H13N3. The maximum absolute atomic E-state index is 4.25. The Hall–Kier alpha value is -1.38. The Bertz CT molecular complexity index is 261. The second kappa shape index (κ2) is 3.85. The lowest BCUT2D eigenvalue weighted by Crippen LogP contribution is -2.15. The molecule has 0 aliphatic carbocycles. The molecule has 0 fully saturated rings. The molecule has 0 bridgehead atoms. The van der Waals surface area contributed by atoms with Crippen molar-refractivity contribution in [2.24, 2.45) is 9.98 Å². The van der Waals surface area contributed by atoms with Crippen LogP contribution in [0, 0.1) is 0 Å². The molecule has 12 heavy (non-hydrogen) atoms. The average molecular weight is 163 g/mol. The van der Waals surface area contributed by atoms with Gasteiger partial charge in [-0.15, -0.1) is 0 Å². The molecule has 3 heteroatoms. The van der Waals surface area contributed by atoms with Gasteiger partial charge in [0, 0.05) is 18.1 Å². The monoisotopic (exact) mass is 163 g/mol. The van der Waals surface area contributed by atoms with Gasteiger partial charge < -0.3 is 4.90 Å². The van der Waals surface area contributed by atoms with Crippen molar-refractivity contribution in [1.29, 1.82) is 0 Å². The van der Waals surface area contributed by atoms with Gasteiger partial charge in [-0.3, -0.25) is 9.98 Å². The summed E-state index contributed by atoms with van der Waals surface area (Å²) in [7, 11) is 0. The van der Waals surface area contributed by atoms with Crippen LogP contribution >= 0.6 is 0 Å². The van der Waals surface area contributed by atoms with Gasteiger partial charge in [-0.25, -0.2) is 0 Å². The van der Waals surface area contributed by atoms with Crippen molar-refractivity contribution in [3.63, 3.8) is 0 Å². The lowest BCUT2D eigenvalue weighted by atomic mass is 10.3. The van der Waals surface area contributed by atoms with Gasteiger partial charge in [0.2, 0.25) is 0 Å². The minimum Gasteiger partial charge on any atom is -0.333 e. The van der Waals surface area contributed by atoms with Crippen LogP contribution in [0.25, 0.3) is 0 Å². The second-order valence-electron chi connectivity index (χ2n) is 2.70. The Kier molecular flexibility index (Phi) is 2.80. The summed E-state index contributed by atoms with van der Waals surface area (Å²) in [6, 6.07) is 0. The molecule has 1 aliphatic heterocycles. The number of rotatable bonds is 2. The quantitative estimate of drug-likeness (QED) is 0.570. The maximum atomic E-state index is 4.25. The summed E-state index contributed by atoms with van der Waals surface area (Å²) in [4.78, 5) is 10.0. The van der Waals surface area contributed by atoms with E-state index in [4.69, 9.17) is 0 Å². The summed E-state index contributed by atoms with van der Waals surface area (Å²) >= 11 is 0. The van der Waals surface area contributed by atoms with Crippen LogP contribution in [0.1, 0.15) is 13.8 Å². The molecule has 3 nitrogen and oxygen atoms in total. The highest BCUT2D eigenvalue weighted by Crippen LogP contribution is 2.03. The number of hydrogen-bond donors (Lipinski definition) is 0. The van der Waals surface area contributed by atoms with E-state index in [9.17, 15) is 0 Å². The summed E-state index contributed by atoms with van der Waals surface area (Å²) in [5.41, 5.74) is 1.96. The molecular weight excluding hydrogens is 150 g/mol. The molecule has 0 aromatic rings. The molecule has 1 rings (SSSR count). The minimum atomic E-state index is 0.676. The predicted molar refractivity (Wildman–Crippen MR) is 52.3 cm³/mol. The third-order valence-electron chi connectivity index (χ3n) is 1.59. The molecule has 0 spiro atoms. The molecule has 1 heterocycles. The zero-order valence-electron chi connectivity index (χ0n) is 7.49. The molecule has 0 radical (unpaired) electrons. The van der Waals surface area contributed by atoms with Crippen molar-refractivity contribution >= 4 is 12.4 Å². The number of hydrogen-bond acceptors (Lipinski definition) is 3. The fourth-order valence-corrected chi connectivity index (χ4v) is 0.861. The standard InChI is InChI=1S/C9H13N3/c1-8-4-5-12(7-11-8)6-9(2)10-3/h4-6H,3,7H2,1-2H3/b9-6-. The van der Waals surface area contributed by atoms with E-state index in [0.717, 1.165) is 11.4 Å². The van der Waals surface area contributed by atoms with Crippen LogP contribution in [-0.4, -0.2) is 24.0 Å². The maximum Gasteiger partial charge on any atom is 0.114 e. The van der Waals surface area contributed by atoms with E-state index in [1.54, 1.807) is 0 Å². The zero-order valence-corrected chi connectivity index (χ0v) is 7.49. The molecule has 0 saturated carbocycles. The zero-order chi connectivity index (χ0) is 8.97. The Balaban J connectivity index is 2.60. The van der Waals surface area contributed by atoms with E-state index in [1.165, 1.54) is 0 Å². The summed E-state index contributed by atoms with van der Waals surface area (Å²) in [5, 5.41) is 0. The Morgan fingerprint density at radius 1 is 1.83 bits per heavy atom. The molecule has 0 unspecified atom stereocenters. The van der Waals surface area contributed by atoms with Gasteiger partial charge in [0.15, 0.2) is 0 Å². The highest BCUT2D eigenvalue weighted by atomic mass is 15.2. The lowest BCUT2D eigenvalue weighted by molar-refractivity contribution is 0.514. The SMILES string of the molecule is C=N/C(C)=C\N1C=CC(C)=NC1. The van der Waals surface area contributed by atoms with Crippen LogP contribution in [0.5, 0.6) is 0 Å². The van der Waals surface area contributed by atoms with Gasteiger partial charge in [0.25, 0.3) is 0 Å². The fourth-order valence-electron chi connectivity index (χ4n) is 0.861. The van der Waals surface area contributed by atoms with Crippen molar-refractivity contribution in [1.82, 2.24) is 4.90 Å². The van der Waals surface area contributed by atoms with Crippen LogP contribution < -0.4 is 0 Å². The summed E-state index contributed by atoms with van der Waals surface area (Å²) in [6.07, 6.45) is 5.87. The van der Waals surface area contributed by atoms with Gasteiger partial charge in [-0.05, 0) is 26.6 Å². The topological polar surface area (TPSA) is 28.0 Å². The molecule has 0 atom stereocenters. The fraction of sp³-hybridized carbons (Fsp3) is 0.333. The van der Waals surface area contributed by atoms with Gasteiger partial charge in [0.1, 0.15) is 6.67 Å². The van der Waals surface area contributed by atoms with Crippen LogP contribution in [0.2, 0.25) is 0 Å². The van der Waals surface area contributed by atoms with Crippen LogP contribution in [0.3, 0.4) is 0 Å². The molecule has 64 valence electrons. The van der Waals surface area contributed by atoms with Crippen LogP contribution in [0.15, 0.2) is 34.2 Å². The van der Waals surface area contributed by atoms with Crippen molar-refractivity contribution in [3.05, 3.63) is 24.2 Å². The number of aliphatic imine (C=N–C) groups is 2. The molecule has 1 aliphatic rings. The first kappa shape index (κ1) is 8.71. The first-order chi connectivity index (χ1) is 5.72. The normalized spacial score (nSPS) is 17.7. The van der Waals surface area contributed by atoms with Crippen molar-refractivity contribution in [2.45, 2.75) is 13.8 Å². The first-order valence-corrected chi connectivity index (χ1v) is 3.82. The van der Waals surface area contributed by atoms with E-state index < -0.39 is 0 Å². The van der Waals surface area contributed by atoms with Crippen molar-refractivity contribution in [3.8, 4) is 0 Å². The Morgan fingerprint density at radius 2 is 2.58 bits per heavy atom. The van der Waals surface area contributed by atoms with Gasteiger partial charge in [0.05, 0.1) is 5.70 Å². The largest absolute Gasteiger partial charge is 0.333 e. The summed E-state index contributed by atoms with van der Waals surface area (Å²) in [5.74, 6) is 0. The van der Waals surface area contributed by atoms with Crippen LogP contribution in [0.4, 0.5) is 0 Å². The Morgan fingerprint density at radius 3 is 3.08 bits per heavy atom. The smallest absolute Gasteiger partial charge is 0.114 e. The predicted octanol–water partition coefficient (Wildman–Crippen LogP) is 1.80. The van der Waals surface area contributed by atoms with Gasteiger partial charge in [-0.1, -0.05) is 0 Å². The van der Waals surface area contributed by atoms with E-state index >= 15 is 0 Å². The summed E-state index contributed by atoms with van der Waals surface area (Å²) < 4.78 is 0. The van der Waals surface area contributed by atoms with Crippen LogP contribution in [-0.2, 0) is 0 Å². The van der Waals surface area contributed by atoms with E-state index in [2.05, 4.69) is 16.7 Å². The van der Waals surface area contributed by atoms with Crippen molar-refractivity contribution < 1.29 is 0 Å². The van der Waals surface area contributed by atoms with Crippen molar-refractivity contribution in [2.75, 3.05) is 6.67 Å². The van der Waals surface area contributed by atoms with E-state index in [1.807, 2.05) is 37.2 Å². The van der Waals surface area contributed by atoms with E-state index in [0.29, 0.717) is 6.67 Å². The first-order valence-electron chi connectivity index (χ1n) is 3.82. The van der Waals surface area contributed by atoms with Gasteiger partial charge in [-0.2, -0.15) is 0 Å². The summed E-state index contributed by atoms with van der Waals surface area (Å²) in [6.45, 7) is 8.00. The van der Waals surface area contributed by atoms with Gasteiger partial charge >= 0.3 is 0 Å².